The third kappa shape index (κ3) is 5.76. The van der Waals surface area contributed by atoms with Gasteiger partial charge in [-0.15, -0.1) is 11.6 Å². The molecule has 0 spiro atoms. The van der Waals surface area contributed by atoms with Crippen LogP contribution in [0.15, 0.2) is 0 Å². The smallest absolute Gasteiger partial charge is 0.304 e. The molecule has 0 aliphatic rings. The van der Waals surface area contributed by atoms with Crippen LogP contribution in [-0.4, -0.2) is 16.5 Å². The molecule has 7 heavy (non-hydrogen) atoms. The van der Waals surface area contributed by atoms with Crippen molar-refractivity contribution < 1.29 is 9.90 Å². The molecule has 0 aromatic carbocycles. The molecule has 0 aromatic heterocycles. The first-order valence-corrected chi connectivity index (χ1v) is 2.42. The fourth-order valence-electron chi connectivity index (χ4n) is 0.241. The lowest BCUT2D eigenvalue weighted by molar-refractivity contribution is -0.136. The molecule has 0 bridgehead atoms. The van der Waals surface area contributed by atoms with E-state index in [9.17, 15) is 4.79 Å². The number of hydrogen-bond donors (Lipinski definition) is 1. The minimum atomic E-state index is -0.845. The zero-order valence-electron chi connectivity index (χ0n) is 4.02. The summed E-state index contributed by atoms with van der Waals surface area (Å²) >= 11 is 5.29. The molecule has 0 rings (SSSR count). The van der Waals surface area contributed by atoms with Crippen LogP contribution in [0.3, 0.4) is 0 Å². The van der Waals surface area contributed by atoms with Gasteiger partial charge in [-0.25, -0.2) is 0 Å². The van der Waals surface area contributed by atoms with Gasteiger partial charge in [0.05, 0.1) is 6.42 Å². The summed E-state index contributed by atoms with van der Waals surface area (Å²) < 4.78 is 0. The van der Waals surface area contributed by atoms with Gasteiger partial charge in [-0.2, -0.15) is 0 Å². The quantitative estimate of drug-likeness (QED) is 0.557. The maximum absolute atomic E-state index is 9.73. The highest BCUT2D eigenvalue weighted by Gasteiger charge is 2.00. The van der Waals surface area contributed by atoms with Crippen LogP contribution < -0.4 is 0 Å². The molecule has 2 nitrogen and oxygen atoms in total. The van der Waals surface area contributed by atoms with E-state index in [0.29, 0.717) is 0 Å². The fraction of sp³-hybridized carbons (Fsp3) is 0.750. The third-order valence-electron chi connectivity index (χ3n) is 0.456. The van der Waals surface area contributed by atoms with Crippen molar-refractivity contribution >= 4 is 17.6 Å². The van der Waals surface area contributed by atoms with E-state index in [-0.39, 0.29) is 11.8 Å². The van der Waals surface area contributed by atoms with Gasteiger partial charge in [0.2, 0.25) is 0 Å². The van der Waals surface area contributed by atoms with Crippen LogP contribution in [0.1, 0.15) is 13.3 Å². The summed E-state index contributed by atoms with van der Waals surface area (Å²) in [4.78, 5) is 9.73. The van der Waals surface area contributed by atoms with E-state index in [0.717, 1.165) is 0 Å². The molecular weight excluding hydrogens is 115 g/mol. The van der Waals surface area contributed by atoms with Crippen molar-refractivity contribution in [3.8, 4) is 0 Å². The summed E-state index contributed by atoms with van der Waals surface area (Å²) in [5, 5.41) is 7.75. The van der Waals surface area contributed by atoms with E-state index >= 15 is 0 Å². The Kier molecular flexibility index (Phi) is 2.76. The number of carboxylic acid groups (broad SMARTS) is 1. The number of aliphatic carboxylic acids is 1. The molecule has 0 radical (unpaired) electrons. The van der Waals surface area contributed by atoms with Crippen LogP contribution in [0.5, 0.6) is 0 Å². The Hall–Kier alpha value is -0.240. The van der Waals surface area contributed by atoms with E-state index in [1.165, 1.54) is 0 Å². The zero-order valence-corrected chi connectivity index (χ0v) is 4.77. The number of rotatable bonds is 2. The van der Waals surface area contributed by atoms with Gasteiger partial charge in [-0.05, 0) is 6.92 Å². The molecule has 0 amide bonds. The van der Waals surface area contributed by atoms with Gasteiger partial charge in [0, 0.05) is 5.38 Å². The predicted molar refractivity (Wildman–Crippen MR) is 27.6 cm³/mol. The third-order valence-corrected chi connectivity index (χ3v) is 0.610. The van der Waals surface area contributed by atoms with Crippen LogP contribution >= 0.6 is 11.6 Å². The minimum absolute atomic E-state index is 0.0432. The summed E-state index contributed by atoms with van der Waals surface area (Å²) in [7, 11) is 0. The lowest BCUT2D eigenvalue weighted by Crippen LogP contribution is -2.01. The maximum atomic E-state index is 9.73. The Balaban J connectivity index is 3.13. The van der Waals surface area contributed by atoms with Gasteiger partial charge in [0.25, 0.3) is 0 Å². The average Bonchev–Trinajstić information content (AvgIpc) is 1.27. The van der Waals surface area contributed by atoms with Gasteiger partial charge in [-0.3, -0.25) is 4.79 Å². The molecular formula is C4H7ClO2. The highest BCUT2D eigenvalue weighted by molar-refractivity contribution is 6.21. The Bertz CT molecular complexity index is 70.1. The van der Waals surface area contributed by atoms with E-state index in [1.807, 2.05) is 0 Å². The number of hydrogen-bond acceptors (Lipinski definition) is 1. The second-order valence-corrected chi connectivity index (χ2v) is 2.12. The Labute approximate surface area is 47.1 Å². The monoisotopic (exact) mass is 122 g/mol. The molecule has 0 aromatic rings. The first-order chi connectivity index (χ1) is 3.13. The highest BCUT2D eigenvalue weighted by atomic mass is 35.5. The average molecular weight is 123 g/mol. The first-order valence-electron chi connectivity index (χ1n) is 1.99. The number of halogens is 1. The topological polar surface area (TPSA) is 37.3 Å². The number of alkyl halides is 1. The lowest BCUT2D eigenvalue weighted by atomic mass is 10.3. The zero-order chi connectivity index (χ0) is 5.86. The van der Waals surface area contributed by atoms with Crippen molar-refractivity contribution in [2.75, 3.05) is 0 Å². The molecule has 0 heterocycles. The molecule has 0 aliphatic heterocycles. The van der Waals surface area contributed by atoms with Crippen molar-refractivity contribution in [3.05, 3.63) is 0 Å². The normalized spacial score (nSPS) is 13.4. The van der Waals surface area contributed by atoms with Crippen molar-refractivity contribution in [2.24, 2.45) is 0 Å². The van der Waals surface area contributed by atoms with Gasteiger partial charge < -0.3 is 5.11 Å². The van der Waals surface area contributed by atoms with Crippen LogP contribution in [0, 0.1) is 0 Å². The van der Waals surface area contributed by atoms with Crippen molar-refractivity contribution in [2.45, 2.75) is 18.7 Å². The summed E-state index contributed by atoms with van der Waals surface area (Å²) in [5.41, 5.74) is 0. The first kappa shape index (κ1) is 6.76. The standard InChI is InChI=1S/C4H7ClO2/c1-3(5)2-4(6)7/h3H,2H2,1H3,(H,6,7). The van der Waals surface area contributed by atoms with E-state index in [4.69, 9.17) is 16.7 Å². The molecule has 0 aliphatic carbocycles. The SMILES string of the molecule is CC(Cl)CC(=O)O. The van der Waals surface area contributed by atoms with Crippen LogP contribution in [0.2, 0.25) is 0 Å². The molecule has 1 N–H and O–H groups in total. The van der Waals surface area contributed by atoms with E-state index in [2.05, 4.69) is 0 Å². The Morgan fingerprint density at radius 1 is 2.00 bits per heavy atom. The van der Waals surface area contributed by atoms with Crippen molar-refractivity contribution in [3.63, 3.8) is 0 Å². The van der Waals surface area contributed by atoms with Crippen LogP contribution in [0.25, 0.3) is 0 Å². The Morgan fingerprint density at radius 3 is 2.43 bits per heavy atom. The molecule has 1 atom stereocenters. The summed E-state index contributed by atoms with van der Waals surface area (Å²) in [6.45, 7) is 1.65. The molecule has 0 saturated carbocycles. The van der Waals surface area contributed by atoms with Crippen molar-refractivity contribution in [1.82, 2.24) is 0 Å². The number of carbonyl (C=O) groups is 1. The van der Waals surface area contributed by atoms with Gasteiger partial charge >= 0.3 is 5.97 Å². The summed E-state index contributed by atoms with van der Waals surface area (Å²) in [6, 6.07) is 0. The Morgan fingerprint density at radius 2 is 2.43 bits per heavy atom. The highest BCUT2D eigenvalue weighted by Crippen LogP contribution is 1.97. The second-order valence-electron chi connectivity index (χ2n) is 1.38. The predicted octanol–water partition coefficient (Wildman–Crippen LogP) is 1.09. The maximum Gasteiger partial charge on any atom is 0.304 e. The largest absolute Gasteiger partial charge is 0.481 e. The molecule has 1 unspecified atom stereocenters. The van der Waals surface area contributed by atoms with Crippen LogP contribution in [-0.2, 0) is 4.79 Å². The van der Waals surface area contributed by atoms with E-state index < -0.39 is 5.97 Å². The number of carboxylic acids is 1. The van der Waals surface area contributed by atoms with E-state index in [1.54, 1.807) is 6.92 Å². The lowest BCUT2D eigenvalue weighted by Gasteiger charge is -1.91. The van der Waals surface area contributed by atoms with Gasteiger partial charge in [0.1, 0.15) is 0 Å². The van der Waals surface area contributed by atoms with Crippen molar-refractivity contribution in [1.29, 1.82) is 0 Å². The summed E-state index contributed by atoms with van der Waals surface area (Å²) in [5.74, 6) is -0.845. The second kappa shape index (κ2) is 2.86. The minimum Gasteiger partial charge on any atom is -0.481 e. The fourth-order valence-corrected chi connectivity index (χ4v) is 0.373. The summed E-state index contributed by atoms with van der Waals surface area (Å²) in [6.07, 6.45) is 0.0432. The van der Waals surface area contributed by atoms with Crippen LogP contribution in [0.4, 0.5) is 0 Å². The molecule has 0 saturated heterocycles. The molecule has 0 fully saturated rings. The molecule has 3 heteroatoms. The van der Waals surface area contributed by atoms with Gasteiger partial charge in [-0.1, -0.05) is 0 Å². The molecule has 42 valence electrons. The van der Waals surface area contributed by atoms with Gasteiger partial charge in [0.15, 0.2) is 0 Å².